The number of hydrogen-bond donors (Lipinski definition) is 0. The molecule has 122 valence electrons. The fourth-order valence-electron chi connectivity index (χ4n) is 1.76. The highest BCUT2D eigenvalue weighted by atomic mass is 16.5. The number of carbonyl (C=O) groups excluding carboxylic acids is 3. The summed E-state index contributed by atoms with van der Waals surface area (Å²) >= 11 is 0. The SMILES string of the molecule is CCOC(=O)CC#Cc1ccc(C(=O)CCC(=O)OCC)cc1. The van der Waals surface area contributed by atoms with Crippen LogP contribution in [0.4, 0.5) is 0 Å². The minimum Gasteiger partial charge on any atom is -0.466 e. The van der Waals surface area contributed by atoms with Gasteiger partial charge in [-0.2, -0.15) is 0 Å². The third-order valence-corrected chi connectivity index (χ3v) is 2.84. The van der Waals surface area contributed by atoms with Crippen molar-refractivity contribution in [2.45, 2.75) is 33.1 Å². The van der Waals surface area contributed by atoms with Gasteiger partial charge >= 0.3 is 11.9 Å². The van der Waals surface area contributed by atoms with E-state index in [1.165, 1.54) is 0 Å². The Hall–Kier alpha value is -2.61. The Labute approximate surface area is 136 Å². The highest BCUT2D eigenvalue weighted by molar-refractivity contribution is 5.97. The first-order chi connectivity index (χ1) is 11.1. The van der Waals surface area contributed by atoms with Gasteiger partial charge in [-0.05, 0) is 26.0 Å². The van der Waals surface area contributed by atoms with Crippen LogP contribution in [0.5, 0.6) is 0 Å². The normalized spacial score (nSPS) is 9.48. The zero-order valence-electron chi connectivity index (χ0n) is 13.4. The number of ether oxygens (including phenoxy) is 2. The molecule has 0 spiro atoms. The molecule has 23 heavy (non-hydrogen) atoms. The molecule has 0 aromatic heterocycles. The second kappa shape index (κ2) is 10.2. The lowest BCUT2D eigenvalue weighted by Crippen LogP contribution is -2.07. The van der Waals surface area contributed by atoms with Gasteiger partial charge in [0.25, 0.3) is 0 Å². The number of benzene rings is 1. The molecule has 0 aliphatic heterocycles. The van der Waals surface area contributed by atoms with Crippen molar-refractivity contribution in [1.82, 2.24) is 0 Å². The van der Waals surface area contributed by atoms with E-state index in [-0.39, 0.29) is 37.0 Å². The fraction of sp³-hybridized carbons (Fsp3) is 0.389. The molecule has 0 N–H and O–H groups in total. The molecular formula is C18H20O5. The van der Waals surface area contributed by atoms with Crippen molar-refractivity contribution < 1.29 is 23.9 Å². The van der Waals surface area contributed by atoms with Crippen LogP contribution >= 0.6 is 0 Å². The third kappa shape index (κ3) is 7.28. The molecule has 1 rings (SSSR count). The molecule has 5 heteroatoms. The predicted octanol–water partition coefficient (Wildman–Crippen LogP) is 2.52. The number of ketones is 1. The molecule has 0 saturated carbocycles. The predicted molar refractivity (Wildman–Crippen MR) is 84.8 cm³/mol. The molecule has 5 nitrogen and oxygen atoms in total. The standard InChI is InChI=1S/C18H20O5/c1-3-22-17(20)7-5-6-14-8-10-15(11-9-14)16(19)12-13-18(21)23-4-2/h8-11H,3-4,7,12-13H2,1-2H3. The number of Topliss-reactive ketones (excluding diaryl/α,β-unsaturated/α-hetero) is 1. The molecular weight excluding hydrogens is 296 g/mol. The Morgan fingerprint density at radius 3 is 2.13 bits per heavy atom. The summed E-state index contributed by atoms with van der Waals surface area (Å²) in [4.78, 5) is 34.3. The first-order valence-corrected chi connectivity index (χ1v) is 7.50. The van der Waals surface area contributed by atoms with E-state index < -0.39 is 0 Å². The highest BCUT2D eigenvalue weighted by Gasteiger charge is 2.09. The van der Waals surface area contributed by atoms with E-state index in [4.69, 9.17) is 9.47 Å². The molecule has 0 heterocycles. The van der Waals surface area contributed by atoms with Gasteiger partial charge in [0, 0.05) is 17.5 Å². The minimum atomic E-state index is -0.373. The zero-order chi connectivity index (χ0) is 17.1. The molecule has 1 aromatic carbocycles. The van der Waals surface area contributed by atoms with E-state index in [0.29, 0.717) is 24.3 Å². The molecule has 0 atom stereocenters. The summed E-state index contributed by atoms with van der Waals surface area (Å²) in [7, 11) is 0. The van der Waals surface area contributed by atoms with Gasteiger partial charge in [0.15, 0.2) is 5.78 Å². The van der Waals surface area contributed by atoms with Crippen molar-refractivity contribution in [2.75, 3.05) is 13.2 Å². The summed E-state index contributed by atoms with van der Waals surface area (Å²) in [5, 5.41) is 0. The molecule has 0 aliphatic carbocycles. The van der Waals surface area contributed by atoms with Crippen LogP contribution < -0.4 is 0 Å². The quantitative estimate of drug-likeness (QED) is 0.439. The zero-order valence-corrected chi connectivity index (χ0v) is 13.4. The third-order valence-electron chi connectivity index (χ3n) is 2.84. The van der Waals surface area contributed by atoms with Gasteiger partial charge in [-0.1, -0.05) is 24.0 Å². The maximum Gasteiger partial charge on any atom is 0.317 e. The average molecular weight is 316 g/mol. The van der Waals surface area contributed by atoms with Crippen molar-refractivity contribution in [3.8, 4) is 11.8 Å². The van der Waals surface area contributed by atoms with Gasteiger partial charge in [-0.25, -0.2) is 0 Å². The van der Waals surface area contributed by atoms with Gasteiger partial charge in [0.2, 0.25) is 0 Å². The Kier molecular flexibility index (Phi) is 8.16. The topological polar surface area (TPSA) is 69.7 Å². The second-order valence-electron chi connectivity index (χ2n) is 4.59. The Morgan fingerprint density at radius 2 is 1.52 bits per heavy atom. The summed E-state index contributed by atoms with van der Waals surface area (Å²) in [6.45, 7) is 4.11. The number of carbonyl (C=O) groups is 3. The summed E-state index contributed by atoms with van der Waals surface area (Å²) in [6, 6.07) is 6.72. The Morgan fingerprint density at radius 1 is 0.913 bits per heavy atom. The van der Waals surface area contributed by atoms with E-state index >= 15 is 0 Å². The van der Waals surface area contributed by atoms with E-state index in [0.717, 1.165) is 0 Å². The van der Waals surface area contributed by atoms with Crippen molar-refractivity contribution in [2.24, 2.45) is 0 Å². The maximum atomic E-state index is 11.9. The smallest absolute Gasteiger partial charge is 0.317 e. The molecule has 0 bridgehead atoms. The van der Waals surface area contributed by atoms with Gasteiger partial charge in [0.05, 0.1) is 19.6 Å². The van der Waals surface area contributed by atoms with Crippen LogP contribution in [0.2, 0.25) is 0 Å². The molecule has 0 aliphatic rings. The van der Waals surface area contributed by atoms with E-state index in [1.54, 1.807) is 38.1 Å². The number of hydrogen-bond acceptors (Lipinski definition) is 5. The Bertz CT molecular complexity index is 605. The van der Waals surface area contributed by atoms with Crippen LogP contribution in [-0.4, -0.2) is 30.9 Å². The first kappa shape index (κ1) is 18.4. The average Bonchev–Trinajstić information content (AvgIpc) is 2.54. The highest BCUT2D eigenvalue weighted by Crippen LogP contribution is 2.08. The van der Waals surface area contributed by atoms with Crippen LogP contribution in [0.3, 0.4) is 0 Å². The Balaban J connectivity index is 2.52. The van der Waals surface area contributed by atoms with Gasteiger partial charge in [-0.3, -0.25) is 14.4 Å². The molecule has 0 saturated heterocycles. The number of esters is 2. The summed E-state index contributed by atoms with van der Waals surface area (Å²) in [5.74, 6) is 4.70. The van der Waals surface area contributed by atoms with E-state index in [9.17, 15) is 14.4 Å². The van der Waals surface area contributed by atoms with E-state index in [2.05, 4.69) is 11.8 Å². The maximum absolute atomic E-state index is 11.9. The minimum absolute atomic E-state index is 0.0358. The summed E-state index contributed by atoms with van der Waals surface area (Å²) < 4.78 is 9.55. The molecule has 0 unspecified atom stereocenters. The lowest BCUT2D eigenvalue weighted by Gasteiger charge is -2.02. The van der Waals surface area contributed by atoms with Crippen LogP contribution in [0.1, 0.15) is 49.0 Å². The first-order valence-electron chi connectivity index (χ1n) is 7.50. The van der Waals surface area contributed by atoms with Crippen LogP contribution in [-0.2, 0) is 19.1 Å². The van der Waals surface area contributed by atoms with Crippen LogP contribution in [0.25, 0.3) is 0 Å². The van der Waals surface area contributed by atoms with Crippen molar-refractivity contribution in [3.63, 3.8) is 0 Å². The van der Waals surface area contributed by atoms with Gasteiger partial charge < -0.3 is 9.47 Å². The second-order valence-corrected chi connectivity index (χ2v) is 4.59. The summed E-state index contributed by atoms with van der Waals surface area (Å²) in [5.41, 5.74) is 1.22. The molecule has 0 fully saturated rings. The van der Waals surface area contributed by atoms with Gasteiger partial charge in [-0.15, -0.1) is 0 Å². The van der Waals surface area contributed by atoms with E-state index in [1.807, 2.05) is 0 Å². The van der Waals surface area contributed by atoms with Gasteiger partial charge in [0.1, 0.15) is 6.42 Å². The monoisotopic (exact) mass is 316 g/mol. The van der Waals surface area contributed by atoms with Crippen LogP contribution in [0.15, 0.2) is 24.3 Å². The molecule has 0 amide bonds. The van der Waals surface area contributed by atoms with Crippen molar-refractivity contribution in [3.05, 3.63) is 35.4 Å². The van der Waals surface area contributed by atoms with Crippen molar-refractivity contribution >= 4 is 17.7 Å². The molecule has 1 aromatic rings. The fourth-order valence-corrected chi connectivity index (χ4v) is 1.76. The molecule has 0 radical (unpaired) electrons. The largest absolute Gasteiger partial charge is 0.466 e. The van der Waals surface area contributed by atoms with Crippen molar-refractivity contribution in [1.29, 1.82) is 0 Å². The lowest BCUT2D eigenvalue weighted by atomic mass is 10.0. The number of rotatable bonds is 7. The summed E-state index contributed by atoms with van der Waals surface area (Å²) in [6.07, 6.45) is 0.231. The lowest BCUT2D eigenvalue weighted by molar-refractivity contribution is -0.143. The van der Waals surface area contributed by atoms with Crippen LogP contribution in [0, 0.1) is 11.8 Å².